The third-order valence-electron chi connectivity index (χ3n) is 2.36. The van der Waals surface area contributed by atoms with E-state index < -0.39 is 0 Å². The number of amides is 1. The fraction of sp³-hybridized carbons (Fsp3) is 0.250. The van der Waals surface area contributed by atoms with Gasteiger partial charge in [0, 0.05) is 0 Å². The fourth-order valence-electron chi connectivity index (χ4n) is 1.52. The number of hydrogen-bond acceptors (Lipinski definition) is 1. The van der Waals surface area contributed by atoms with Crippen molar-refractivity contribution >= 4 is 5.91 Å². The molecule has 1 aromatic carbocycles. The summed E-state index contributed by atoms with van der Waals surface area (Å²) in [6.07, 6.45) is 1.75. The van der Waals surface area contributed by atoms with Crippen LogP contribution in [0.3, 0.4) is 0 Å². The second kappa shape index (κ2) is 4.61. The molecule has 0 saturated carbocycles. The van der Waals surface area contributed by atoms with Gasteiger partial charge in [0.25, 0.3) is 0 Å². The van der Waals surface area contributed by atoms with Crippen molar-refractivity contribution in [3.8, 4) is 0 Å². The molecule has 0 saturated heterocycles. The van der Waals surface area contributed by atoms with Gasteiger partial charge in [0.1, 0.15) is 0 Å². The first-order valence-electron chi connectivity index (χ1n) is 4.63. The van der Waals surface area contributed by atoms with Gasteiger partial charge in [-0.15, -0.1) is 6.58 Å². The Hall–Kier alpha value is -1.57. The van der Waals surface area contributed by atoms with Crippen LogP contribution in [0.4, 0.5) is 0 Å². The number of benzene rings is 1. The Balaban J connectivity index is 3.00. The second-order valence-electron chi connectivity index (χ2n) is 3.39. The average molecular weight is 189 g/mol. The summed E-state index contributed by atoms with van der Waals surface area (Å²) in [4.78, 5) is 11.3. The lowest BCUT2D eigenvalue weighted by Gasteiger charge is -2.17. The summed E-state index contributed by atoms with van der Waals surface area (Å²) < 4.78 is 0. The zero-order valence-corrected chi connectivity index (χ0v) is 8.31. The minimum absolute atomic E-state index is 0.0647. The molecule has 0 aromatic heterocycles. The standard InChI is InChI=1S/C12H15NO/c1-3-9(2)11(12(13)14)10-7-5-4-6-8-10/h3-9,11H,1H2,2H3,(H2,13,14). The molecule has 0 aliphatic heterocycles. The van der Waals surface area contributed by atoms with Crippen molar-refractivity contribution in [1.29, 1.82) is 0 Å². The van der Waals surface area contributed by atoms with E-state index in [-0.39, 0.29) is 17.7 Å². The predicted molar refractivity (Wildman–Crippen MR) is 57.7 cm³/mol. The van der Waals surface area contributed by atoms with E-state index in [0.717, 1.165) is 5.56 Å². The molecule has 1 amide bonds. The molecule has 0 aliphatic carbocycles. The summed E-state index contributed by atoms with van der Waals surface area (Å²) in [5, 5.41) is 0. The molecule has 0 bridgehead atoms. The van der Waals surface area contributed by atoms with Crippen LogP contribution in [0.15, 0.2) is 43.0 Å². The van der Waals surface area contributed by atoms with E-state index in [2.05, 4.69) is 6.58 Å². The first-order chi connectivity index (χ1) is 6.66. The minimum Gasteiger partial charge on any atom is -0.369 e. The van der Waals surface area contributed by atoms with Crippen molar-refractivity contribution in [2.24, 2.45) is 11.7 Å². The zero-order valence-electron chi connectivity index (χ0n) is 8.31. The molecule has 1 aromatic rings. The lowest BCUT2D eigenvalue weighted by molar-refractivity contribution is -0.120. The lowest BCUT2D eigenvalue weighted by Crippen LogP contribution is -2.25. The summed E-state index contributed by atoms with van der Waals surface area (Å²) in [5.74, 6) is -0.507. The highest BCUT2D eigenvalue weighted by atomic mass is 16.1. The first-order valence-corrected chi connectivity index (χ1v) is 4.63. The highest BCUT2D eigenvalue weighted by Crippen LogP contribution is 2.24. The topological polar surface area (TPSA) is 43.1 Å². The molecule has 74 valence electrons. The quantitative estimate of drug-likeness (QED) is 0.724. The Bertz CT molecular complexity index is 318. The lowest BCUT2D eigenvalue weighted by atomic mass is 9.87. The number of primary amides is 1. The molecule has 0 aliphatic rings. The largest absolute Gasteiger partial charge is 0.369 e. The van der Waals surface area contributed by atoms with Crippen LogP contribution in [-0.4, -0.2) is 5.91 Å². The normalized spacial score (nSPS) is 14.4. The van der Waals surface area contributed by atoms with Crippen molar-refractivity contribution in [2.45, 2.75) is 12.8 Å². The molecule has 14 heavy (non-hydrogen) atoms. The maximum Gasteiger partial charge on any atom is 0.225 e. The highest BCUT2D eigenvalue weighted by Gasteiger charge is 2.22. The Kier molecular flexibility index (Phi) is 3.46. The average Bonchev–Trinajstić information content (AvgIpc) is 2.19. The van der Waals surface area contributed by atoms with Crippen LogP contribution in [0.5, 0.6) is 0 Å². The van der Waals surface area contributed by atoms with Crippen molar-refractivity contribution < 1.29 is 4.79 Å². The van der Waals surface area contributed by atoms with Crippen LogP contribution in [-0.2, 0) is 4.79 Å². The van der Waals surface area contributed by atoms with Gasteiger partial charge in [-0.2, -0.15) is 0 Å². The van der Waals surface area contributed by atoms with Crippen LogP contribution in [0.1, 0.15) is 18.4 Å². The zero-order chi connectivity index (χ0) is 10.6. The van der Waals surface area contributed by atoms with Crippen molar-refractivity contribution in [2.75, 3.05) is 0 Å². The van der Waals surface area contributed by atoms with Gasteiger partial charge >= 0.3 is 0 Å². The Morgan fingerprint density at radius 2 is 2.00 bits per heavy atom. The molecule has 2 N–H and O–H groups in total. The summed E-state index contributed by atoms with van der Waals surface area (Å²) in [5.41, 5.74) is 6.31. The fourth-order valence-corrected chi connectivity index (χ4v) is 1.52. The summed E-state index contributed by atoms with van der Waals surface area (Å²) >= 11 is 0. The third kappa shape index (κ3) is 2.22. The Morgan fingerprint density at radius 3 is 2.43 bits per heavy atom. The second-order valence-corrected chi connectivity index (χ2v) is 3.39. The molecular weight excluding hydrogens is 174 g/mol. The molecule has 2 nitrogen and oxygen atoms in total. The number of hydrogen-bond donors (Lipinski definition) is 1. The minimum atomic E-state index is -0.302. The molecule has 1 rings (SSSR count). The maximum atomic E-state index is 11.3. The van der Waals surface area contributed by atoms with E-state index >= 15 is 0 Å². The van der Waals surface area contributed by atoms with Gasteiger partial charge < -0.3 is 5.73 Å². The van der Waals surface area contributed by atoms with Gasteiger partial charge in [0.05, 0.1) is 5.92 Å². The van der Waals surface area contributed by atoms with E-state index in [0.29, 0.717) is 0 Å². The molecule has 2 heteroatoms. The molecule has 2 atom stereocenters. The van der Waals surface area contributed by atoms with Crippen LogP contribution >= 0.6 is 0 Å². The van der Waals surface area contributed by atoms with E-state index in [1.54, 1.807) is 6.08 Å². The van der Waals surface area contributed by atoms with Crippen LogP contribution in [0.2, 0.25) is 0 Å². The molecule has 0 radical (unpaired) electrons. The van der Waals surface area contributed by atoms with Gasteiger partial charge in [-0.1, -0.05) is 43.3 Å². The monoisotopic (exact) mass is 189 g/mol. The van der Waals surface area contributed by atoms with Gasteiger partial charge in [-0.25, -0.2) is 0 Å². The molecular formula is C12H15NO. The summed E-state index contributed by atoms with van der Waals surface area (Å²) in [6.45, 7) is 5.62. The third-order valence-corrected chi connectivity index (χ3v) is 2.36. The Morgan fingerprint density at radius 1 is 1.43 bits per heavy atom. The van der Waals surface area contributed by atoms with Crippen molar-refractivity contribution in [3.63, 3.8) is 0 Å². The number of allylic oxidation sites excluding steroid dienone is 1. The highest BCUT2D eigenvalue weighted by molar-refractivity contribution is 5.82. The molecule has 0 fully saturated rings. The van der Waals surface area contributed by atoms with Gasteiger partial charge in [0.2, 0.25) is 5.91 Å². The van der Waals surface area contributed by atoms with E-state index in [1.807, 2.05) is 37.3 Å². The predicted octanol–water partition coefficient (Wildman–Crippen LogP) is 2.08. The molecule has 0 spiro atoms. The van der Waals surface area contributed by atoms with Gasteiger partial charge in [-0.3, -0.25) is 4.79 Å². The molecule has 0 heterocycles. The number of carbonyl (C=O) groups excluding carboxylic acids is 1. The van der Waals surface area contributed by atoms with Gasteiger partial charge in [-0.05, 0) is 11.5 Å². The smallest absolute Gasteiger partial charge is 0.225 e. The van der Waals surface area contributed by atoms with Crippen LogP contribution < -0.4 is 5.73 Å². The van der Waals surface area contributed by atoms with E-state index in [1.165, 1.54) is 0 Å². The van der Waals surface area contributed by atoms with Crippen LogP contribution in [0, 0.1) is 5.92 Å². The van der Waals surface area contributed by atoms with Gasteiger partial charge in [0.15, 0.2) is 0 Å². The number of nitrogens with two attached hydrogens (primary N) is 1. The van der Waals surface area contributed by atoms with Crippen molar-refractivity contribution in [3.05, 3.63) is 48.6 Å². The van der Waals surface area contributed by atoms with E-state index in [4.69, 9.17) is 5.73 Å². The number of rotatable bonds is 4. The summed E-state index contributed by atoms with van der Waals surface area (Å²) in [7, 11) is 0. The summed E-state index contributed by atoms with van der Waals surface area (Å²) in [6, 6.07) is 9.55. The Labute approximate surface area is 84.4 Å². The SMILES string of the molecule is C=CC(C)C(C(N)=O)c1ccccc1. The maximum absolute atomic E-state index is 11.3. The van der Waals surface area contributed by atoms with Crippen LogP contribution in [0.25, 0.3) is 0 Å². The van der Waals surface area contributed by atoms with E-state index in [9.17, 15) is 4.79 Å². The first kappa shape index (κ1) is 10.5. The number of carbonyl (C=O) groups is 1. The molecule has 2 unspecified atom stereocenters. The van der Waals surface area contributed by atoms with Crippen molar-refractivity contribution in [1.82, 2.24) is 0 Å².